The molecular weight excluding hydrogens is 167 g/mol. The van der Waals surface area contributed by atoms with Crippen LogP contribution < -0.4 is 0 Å². The molecule has 1 N–H and O–H groups in total. The van der Waals surface area contributed by atoms with Crippen LogP contribution in [0, 0.1) is 0 Å². The van der Waals surface area contributed by atoms with Crippen LogP contribution in [0.25, 0.3) is 0 Å². The summed E-state index contributed by atoms with van der Waals surface area (Å²) in [5.74, 6) is -0.221. The summed E-state index contributed by atoms with van der Waals surface area (Å²) in [5, 5.41) is 0. The first-order chi connectivity index (χ1) is 4.06. The standard InChI is InChI=1S/C4H10O4S.Na.H/c1-8-3-2-4-9(5,6)7;;/h2-4H2,1H3,(H,5,6,7);;. The summed E-state index contributed by atoms with van der Waals surface area (Å²) >= 11 is 0. The Morgan fingerprint density at radius 3 is 2.30 bits per heavy atom. The molecule has 0 aromatic carbocycles. The second-order valence-corrected chi connectivity index (χ2v) is 3.20. The SMILES string of the molecule is COCCCS(=O)(=O)O.[NaH]. The third-order valence-corrected chi connectivity index (χ3v) is 1.56. The molecule has 10 heavy (non-hydrogen) atoms. The van der Waals surface area contributed by atoms with E-state index in [0.29, 0.717) is 13.0 Å². The van der Waals surface area contributed by atoms with Gasteiger partial charge in [-0.1, -0.05) is 0 Å². The van der Waals surface area contributed by atoms with E-state index in [2.05, 4.69) is 4.74 Å². The van der Waals surface area contributed by atoms with Crippen molar-refractivity contribution in [2.75, 3.05) is 19.5 Å². The fourth-order valence-corrected chi connectivity index (χ4v) is 0.868. The topological polar surface area (TPSA) is 63.6 Å². The van der Waals surface area contributed by atoms with Gasteiger partial charge in [-0.15, -0.1) is 0 Å². The van der Waals surface area contributed by atoms with Crippen LogP contribution in [0.2, 0.25) is 0 Å². The number of ether oxygens (including phenoxy) is 1. The third kappa shape index (κ3) is 11.6. The van der Waals surface area contributed by atoms with Crippen LogP contribution in [0.1, 0.15) is 6.42 Å². The van der Waals surface area contributed by atoms with Crippen LogP contribution in [0.4, 0.5) is 0 Å². The number of rotatable bonds is 4. The molecule has 0 rings (SSSR count). The second kappa shape index (κ2) is 6.57. The molecule has 0 heterocycles. The molecule has 0 aromatic heterocycles. The minimum absolute atomic E-state index is 0. The predicted molar refractivity (Wildman–Crippen MR) is 40.1 cm³/mol. The molecule has 4 nitrogen and oxygen atoms in total. The van der Waals surface area contributed by atoms with Gasteiger partial charge in [0, 0.05) is 13.7 Å². The van der Waals surface area contributed by atoms with Crippen molar-refractivity contribution < 1.29 is 17.7 Å². The van der Waals surface area contributed by atoms with Gasteiger partial charge in [0.1, 0.15) is 0 Å². The average Bonchev–Trinajstić information content (AvgIpc) is 1.63. The van der Waals surface area contributed by atoms with Crippen molar-refractivity contribution in [3.05, 3.63) is 0 Å². The van der Waals surface area contributed by atoms with E-state index < -0.39 is 10.1 Å². The summed E-state index contributed by atoms with van der Waals surface area (Å²) in [6.45, 7) is 0.361. The summed E-state index contributed by atoms with van der Waals surface area (Å²) in [5.41, 5.74) is 0. The first-order valence-electron chi connectivity index (χ1n) is 2.50. The van der Waals surface area contributed by atoms with Gasteiger partial charge in [-0.05, 0) is 6.42 Å². The monoisotopic (exact) mass is 178 g/mol. The molecular formula is C4H11NaO4S. The van der Waals surface area contributed by atoms with Gasteiger partial charge in [-0.25, -0.2) is 0 Å². The Morgan fingerprint density at radius 2 is 2.00 bits per heavy atom. The van der Waals surface area contributed by atoms with Gasteiger partial charge in [0.05, 0.1) is 5.75 Å². The maximum absolute atomic E-state index is 10.0. The second-order valence-electron chi connectivity index (χ2n) is 1.63. The van der Waals surface area contributed by atoms with Crippen LogP contribution in [-0.4, -0.2) is 62.0 Å². The molecule has 0 bridgehead atoms. The molecule has 0 aromatic rings. The van der Waals surface area contributed by atoms with Crippen LogP contribution in [0.3, 0.4) is 0 Å². The van der Waals surface area contributed by atoms with Gasteiger partial charge in [0.25, 0.3) is 10.1 Å². The van der Waals surface area contributed by atoms with Gasteiger partial charge in [0.2, 0.25) is 0 Å². The molecule has 0 atom stereocenters. The van der Waals surface area contributed by atoms with E-state index in [0.717, 1.165) is 0 Å². The Bertz CT molecular complexity index is 153. The molecule has 0 spiro atoms. The summed E-state index contributed by atoms with van der Waals surface area (Å²) in [4.78, 5) is 0. The number of hydrogen-bond acceptors (Lipinski definition) is 3. The third-order valence-electron chi connectivity index (χ3n) is 0.751. The maximum atomic E-state index is 10.0. The van der Waals surface area contributed by atoms with Crippen LogP contribution in [0.5, 0.6) is 0 Å². The summed E-state index contributed by atoms with van der Waals surface area (Å²) < 4.78 is 32.7. The van der Waals surface area contributed by atoms with Gasteiger partial charge < -0.3 is 4.74 Å². The van der Waals surface area contributed by atoms with E-state index >= 15 is 0 Å². The zero-order valence-corrected chi connectivity index (χ0v) is 6.02. The van der Waals surface area contributed by atoms with Crippen molar-refractivity contribution in [2.24, 2.45) is 0 Å². The molecule has 58 valence electrons. The zero-order chi connectivity index (χ0) is 7.33. The fourth-order valence-electron chi connectivity index (χ4n) is 0.386. The van der Waals surface area contributed by atoms with Crippen molar-refractivity contribution in [3.63, 3.8) is 0 Å². The fraction of sp³-hybridized carbons (Fsp3) is 1.00. The summed E-state index contributed by atoms with van der Waals surface area (Å²) in [6, 6.07) is 0. The molecule has 0 aliphatic heterocycles. The van der Waals surface area contributed by atoms with Crippen molar-refractivity contribution in [1.82, 2.24) is 0 Å². The molecule has 0 saturated carbocycles. The Labute approximate surface area is 83.0 Å². The van der Waals surface area contributed by atoms with E-state index in [-0.39, 0.29) is 35.3 Å². The summed E-state index contributed by atoms with van der Waals surface area (Å²) in [6.07, 6.45) is 0.343. The van der Waals surface area contributed by atoms with Crippen LogP contribution in [0.15, 0.2) is 0 Å². The zero-order valence-electron chi connectivity index (χ0n) is 5.20. The minimum atomic E-state index is -3.78. The van der Waals surface area contributed by atoms with Crippen molar-refractivity contribution in [3.8, 4) is 0 Å². The molecule has 0 unspecified atom stereocenters. The van der Waals surface area contributed by atoms with Gasteiger partial charge >= 0.3 is 29.6 Å². The van der Waals surface area contributed by atoms with Gasteiger partial charge in [-0.2, -0.15) is 8.42 Å². The molecule has 0 aliphatic rings. The molecule has 0 fully saturated rings. The molecule has 0 amide bonds. The molecule has 6 heteroatoms. The van der Waals surface area contributed by atoms with Gasteiger partial charge in [0.15, 0.2) is 0 Å². The van der Waals surface area contributed by atoms with E-state index in [1.165, 1.54) is 7.11 Å². The predicted octanol–water partition coefficient (Wildman–Crippen LogP) is -0.738. The first-order valence-corrected chi connectivity index (χ1v) is 4.11. The van der Waals surface area contributed by atoms with Crippen molar-refractivity contribution in [1.29, 1.82) is 0 Å². The molecule has 0 saturated heterocycles. The summed E-state index contributed by atoms with van der Waals surface area (Å²) in [7, 11) is -2.30. The number of hydrogen-bond donors (Lipinski definition) is 1. The van der Waals surface area contributed by atoms with E-state index in [4.69, 9.17) is 4.55 Å². The van der Waals surface area contributed by atoms with Crippen molar-refractivity contribution >= 4 is 39.7 Å². The van der Waals surface area contributed by atoms with E-state index in [9.17, 15) is 8.42 Å². The Balaban J connectivity index is 0. The normalized spacial score (nSPS) is 10.6. The Hall–Kier alpha value is 0.870. The van der Waals surface area contributed by atoms with Crippen LogP contribution in [-0.2, 0) is 14.9 Å². The van der Waals surface area contributed by atoms with Gasteiger partial charge in [-0.3, -0.25) is 4.55 Å². The number of methoxy groups -OCH3 is 1. The quantitative estimate of drug-likeness (QED) is 0.350. The molecule has 0 aliphatic carbocycles. The Morgan fingerprint density at radius 1 is 1.50 bits per heavy atom. The van der Waals surface area contributed by atoms with Crippen LogP contribution >= 0.6 is 0 Å². The Kier molecular flexibility index (Phi) is 8.85. The first kappa shape index (κ1) is 13.5. The molecule has 0 radical (unpaired) electrons. The van der Waals surface area contributed by atoms with Crippen molar-refractivity contribution in [2.45, 2.75) is 6.42 Å². The van der Waals surface area contributed by atoms with E-state index in [1.54, 1.807) is 0 Å². The average molecular weight is 178 g/mol. The van der Waals surface area contributed by atoms with E-state index in [1.807, 2.05) is 0 Å².